The Kier molecular flexibility index (Phi) is 11.9. The van der Waals surface area contributed by atoms with Gasteiger partial charge in [0.25, 0.3) is 0 Å². The first-order chi connectivity index (χ1) is 12.1. The largest absolute Gasteiger partial charge is 0.381 e. The summed E-state index contributed by atoms with van der Waals surface area (Å²) in [5.74, 6) is 0.780. The molecule has 1 fully saturated rings. The molecule has 1 aliphatic heterocycles. The maximum Gasteiger partial charge on any atom is 0.191 e. The molecule has 1 aliphatic rings. The molecule has 1 aromatic heterocycles. The van der Waals surface area contributed by atoms with Crippen molar-refractivity contribution in [2.24, 2.45) is 12.0 Å². The second-order valence-corrected chi connectivity index (χ2v) is 6.76. The van der Waals surface area contributed by atoms with Gasteiger partial charge in [0.2, 0.25) is 0 Å². The van der Waals surface area contributed by atoms with Crippen molar-refractivity contribution < 1.29 is 9.47 Å². The summed E-state index contributed by atoms with van der Waals surface area (Å²) in [6.07, 6.45) is 3.28. The lowest BCUT2D eigenvalue weighted by molar-refractivity contribution is -0.0320. The Bertz CT molecular complexity index is 563. The molecule has 9 heteroatoms. The number of rotatable bonds is 8. The van der Waals surface area contributed by atoms with Gasteiger partial charge in [-0.1, -0.05) is 23.2 Å². The van der Waals surface area contributed by atoms with Gasteiger partial charge >= 0.3 is 0 Å². The lowest BCUT2D eigenvalue weighted by Gasteiger charge is -2.22. The Hall–Kier alpha value is -0.220. The maximum atomic E-state index is 6.09. The van der Waals surface area contributed by atoms with Gasteiger partial charge in [0.05, 0.1) is 17.7 Å². The molecule has 0 saturated carbocycles. The van der Waals surface area contributed by atoms with E-state index in [1.165, 1.54) is 0 Å². The van der Waals surface area contributed by atoms with Crippen molar-refractivity contribution in [3.8, 4) is 0 Å². The van der Waals surface area contributed by atoms with E-state index in [1.807, 2.05) is 24.6 Å². The van der Waals surface area contributed by atoms with Crippen LogP contribution in [-0.4, -0.2) is 49.5 Å². The van der Waals surface area contributed by atoms with Crippen LogP contribution in [0.15, 0.2) is 11.1 Å². The molecule has 0 atom stereocenters. The van der Waals surface area contributed by atoms with E-state index in [0.717, 1.165) is 63.8 Å². The summed E-state index contributed by atoms with van der Waals surface area (Å²) in [5.41, 5.74) is 0.968. The molecule has 2 heterocycles. The molecule has 0 bridgehead atoms. The number of halogens is 3. The van der Waals surface area contributed by atoms with Gasteiger partial charge in [-0.3, -0.25) is 0 Å². The van der Waals surface area contributed by atoms with Crippen LogP contribution >= 0.6 is 47.2 Å². The van der Waals surface area contributed by atoms with Crippen molar-refractivity contribution in [1.82, 2.24) is 15.2 Å². The smallest absolute Gasteiger partial charge is 0.191 e. The molecule has 0 amide bonds. The van der Waals surface area contributed by atoms with Crippen LogP contribution in [0.2, 0.25) is 10.2 Å². The zero-order valence-electron chi connectivity index (χ0n) is 15.4. The molecule has 0 aromatic carbocycles. The molecule has 150 valence electrons. The second kappa shape index (κ2) is 13.0. The fourth-order valence-electron chi connectivity index (χ4n) is 2.61. The lowest BCUT2D eigenvalue weighted by atomic mass is 10.1. The van der Waals surface area contributed by atoms with Gasteiger partial charge < -0.3 is 24.7 Å². The van der Waals surface area contributed by atoms with Crippen LogP contribution in [0.4, 0.5) is 0 Å². The third-order valence-electron chi connectivity index (χ3n) is 4.09. The molecule has 0 radical (unpaired) electrons. The normalized spacial score (nSPS) is 15.6. The number of ether oxygens (including phenoxy) is 2. The molecular formula is C17H29Cl2IN4O2. The van der Waals surface area contributed by atoms with E-state index >= 15 is 0 Å². The van der Waals surface area contributed by atoms with Crippen molar-refractivity contribution in [3.63, 3.8) is 0 Å². The van der Waals surface area contributed by atoms with Crippen LogP contribution < -0.4 is 10.6 Å². The molecule has 26 heavy (non-hydrogen) atoms. The number of guanidine groups is 1. The number of nitrogens with zero attached hydrogens (tertiary/aromatic N) is 2. The Balaban J connectivity index is 0.00000338. The van der Waals surface area contributed by atoms with E-state index in [1.54, 1.807) is 0 Å². The van der Waals surface area contributed by atoms with E-state index in [0.29, 0.717) is 22.8 Å². The van der Waals surface area contributed by atoms with Crippen molar-refractivity contribution in [2.75, 3.05) is 32.9 Å². The molecule has 2 rings (SSSR count). The molecular weight excluding hydrogens is 490 g/mol. The monoisotopic (exact) mass is 518 g/mol. The summed E-state index contributed by atoms with van der Waals surface area (Å²) in [6.45, 7) is 6.54. The Morgan fingerprint density at radius 1 is 1.35 bits per heavy atom. The fourth-order valence-corrected chi connectivity index (χ4v) is 3.03. The maximum absolute atomic E-state index is 6.09. The average Bonchev–Trinajstić information content (AvgIpc) is 2.87. The Labute approximate surface area is 183 Å². The van der Waals surface area contributed by atoms with Gasteiger partial charge in [-0.2, -0.15) is 0 Å². The standard InChI is InChI=1S/C17H28Cl2N4O2.HI/c1-3-20-17(22-12-13-11-15(18)16(19)23(13)2)21-7-4-8-25-14-5-9-24-10-6-14;/h11,14H,3-10,12H2,1-2H3,(H2,20,21,22);1H. The van der Waals surface area contributed by atoms with Crippen molar-refractivity contribution in [1.29, 1.82) is 0 Å². The molecule has 1 aromatic rings. The number of aromatic nitrogens is 1. The highest BCUT2D eigenvalue weighted by Gasteiger charge is 2.13. The first-order valence-corrected chi connectivity index (χ1v) is 9.58. The highest BCUT2D eigenvalue weighted by atomic mass is 127. The van der Waals surface area contributed by atoms with Crippen molar-refractivity contribution in [3.05, 3.63) is 21.9 Å². The highest BCUT2D eigenvalue weighted by Crippen LogP contribution is 2.25. The number of nitrogens with one attached hydrogen (secondary N) is 2. The first kappa shape index (κ1) is 23.8. The van der Waals surface area contributed by atoms with Gasteiger partial charge in [-0.15, -0.1) is 24.0 Å². The highest BCUT2D eigenvalue weighted by molar-refractivity contribution is 14.0. The molecule has 1 saturated heterocycles. The van der Waals surface area contributed by atoms with Crippen molar-refractivity contribution >= 4 is 53.1 Å². The van der Waals surface area contributed by atoms with Crippen LogP contribution in [0, 0.1) is 0 Å². The van der Waals surface area contributed by atoms with Crippen LogP contribution in [0.3, 0.4) is 0 Å². The van der Waals surface area contributed by atoms with Gasteiger partial charge in [0.15, 0.2) is 5.96 Å². The SMILES string of the molecule is CCNC(=NCc1cc(Cl)c(Cl)n1C)NCCCOC1CCOCC1.I. The van der Waals surface area contributed by atoms with Crippen LogP contribution in [0.1, 0.15) is 31.9 Å². The summed E-state index contributed by atoms with van der Waals surface area (Å²) < 4.78 is 13.1. The lowest BCUT2D eigenvalue weighted by Crippen LogP contribution is -2.38. The van der Waals surface area contributed by atoms with Gasteiger partial charge in [0.1, 0.15) is 5.15 Å². The predicted octanol–water partition coefficient (Wildman–Crippen LogP) is 3.59. The molecule has 0 unspecified atom stereocenters. The quantitative estimate of drug-likeness (QED) is 0.239. The zero-order valence-corrected chi connectivity index (χ0v) is 19.2. The minimum absolute atomic E-state index is 0. The summed E-state index contributed by atoms with van der Waals surface area (Å²) in [6, 6.07) is 1.85. The second-order valence-electron chi connectivity index (χ2n) is 5.99. The van der Waals surface area contributed by atoms with E-state index < -0.39 is 0 Å². The minimum Gasteiger partial charge on any atom is -0.381 e. The van der Waals surface area contributed by atoms with Crippen LogP contribution in [0.25, 0.3) is 0 Å². The fraction of sp³-hybridized carbons (Fsp3) is 0.706. The van der Waals surface area contributed by atoms with E-state index in [9.17, 15) is 0 Å². The number of aliphatic imine (C=N–C) groups is 1. The summed E-state index contributed by atoms with van der Waals surface area (Å²) >= 11 is 12.1. The average molecular weight is 519 g/mol. The van der Waals surface area contributed by atoms with Crippen molar-refractivity contribution in [2.45, 2.75) is 38.8 Å². The van der Waals surface area contributed by atoms with E-state index in [-0.39, 0.29) is 24.0 Å². The first-order valence-electron chi connectivity index (χ1n) is 8.83. The summed E-state index contributed by atoms with van der Waals surface area (Å²) in [4.78, 5) is 4.59. The predicted molar refractivity (Wildman–Crippen MR) is 118 cm³/mol. The van der Waals surface area contributed by atoms with E-state index in [2.05, 4.69) is 15.6 Å². The van der Waals surface area contributed by atoms with Crippen LogP contribution in [0.5, 0.6) is 0 Å². The third-order valence-corrected chi connectivity index (χ3v) is 4.94. The number of hydrogen-bond acceptors (Lipinski definition) is 3. The molecule has 2 N–H and O–H groups in total. The zero-order chi connectivity index (χ0) is 18.1. The van der Waals surface area contributed by atoms with Gasteiger partial charge in [-0.05, 0) is 32.3 Å². The molecule has 0 aliphatic carbocycles. The van der Waals surface area contributed by atoms with Gasteiger partial charge in [0, 0.05) is 45.7 Å². The topological polar surface area (TPSA) is 59.8 Å². The molecule has 0 spiro atoms. The summed E-state index contributed by atoms with van der Waals surface area (Å²) in [5, 5.41) is 7.66. The molecule has 6 nitrogen and oxygen atoms in total. The Morgan fingerprint density at radius 2 is 2.08 bits per heavy atom. The van der Waals surface area contributed by atoms with Gasteiger partial charge in [-0.25, -0.2) is 4.99 Å². The minimum atomic E-state index is 0. The Morgan fingerprint density at radius 3 is 2.69 bits per heavy atom. The van der Waals surface area contributed by atoms with E-state index in [4.69, 9.17) is 32.7 Å². The number of hydrogen-bond donors (Lipinski definition) is 2. The third kappa shape index (κ3) is 7.80. The summed E-state index contributed by atoms with van der Waals surface area (Å²) in [7, 11) is 1.88. The van der Waals surface area contributed by atoms with Crippen LogP contribution in [-0.2, 0) is 23.1 Å².